The molecule has 0 radical (unpaired) electrons. The molecule has 0 aliphatic rings. The summed E-state index contributed by atoms with van der Waals surface area (Å²) in [6, 6.07) is -2.18. The second kappa shape index (κ2) is 11.2. The Hall–Kier alpha value is -0.630. The lowest BCUT2D eigenvalue weighted by Gasteiger charge is -2.30. The van der Waals surface area contributed by atoms with Gasteiger partial charge in [-0.05, 0) is 33.6 Å². The maximum atomic E-state index is 13.6. The third-order valence-electron chi connectivity index (χ3n) is 3.71. The van der Waals surface area contributed by atoms with Gasteiger partial charge in [0.1, 0.15) is 6.04 Å². The van der Waals surface area contributed by atoms with Gasteiger partial charge in [0, 0.05) is 0 Å². The number of carbonyl (C=O) groups excluding carboxylic acids is 1. The SMILES string of the molecule is CCCCC[C@@H](C(=O)OCCCC)[C@@H](N[S@](=O)C(C)(C)C)C(F)(F)F. The van der Waals surface area contributed by atoms with Crippen molar-refractivity contribution < 1.29 is 26.9 Å². The van der Waals surface area contributed by atoms with Crippen LogP contribution in [0.15, 0.2) is 0 Å². The standard InChI is InChI=1S/C17H32F3NO3S/c1-6-8-10-11-13(15(22)24-12-9-7-2)14(17(18,19)20)21-25(23)16(3,4)5/h13-14,21H,6-12H2,1-5H3/t13-,14-,25-/m1/s1. The summed E-state index contributed by atoms with van der Waals surface area (Å²) in [5, 5.41) is 0. The van der Waals surface area contributed by atoms with E-state index >= 15 is 0 Å². The average molecular weight is 388 g/mol. The largest absolute Gasteiger partial charge is 0.465 e. The third-order valence-corrected chi connectivity index (χ3v) is 5.29. The lowest BCUT2D eigenvalue weighted by Crippen LogP contribution is -2.53. The Bertz CT molecular complexity index is 422. The van der Waals surface area contributed by atoms with E-state index < -0.39 is 39.8 Å². The van der Waals surface area contributed by atoms with Crippen molar-refractivity contribution in [1.29, 1.82) is 0 Å². The number of rotatable bonds is 11. The summed E-state index contributed by atoms with van der Waals surface area (Å²) in [7, 11) is -1.94. The highest BCUT2D eigenvalue weighted by Gasteiger charge is 2.49. The molecule has 1 N–H and O–H groups in total. The van der Waals surface area contributed by atoms with Crippen LogP contribution < -0.4 is 4.72 Å². The van der Waals surface area contributed by atoms with E-state index in [0.29, 0.717) is 12.8 Å². The molecule has 0 heterocycles. The summed E-state index contributed by atoms with van der Waals surface area (Å²) in [6.45, 7) is 8.67. The zero-order chi connectivity index (χ0) is 19.7. The molecule has 0 saturated carbocycles. The fourth-order valence-electron chi connectivity index (χ4n) is 2.13. The van der Waals surface area contributed by atoms with Crippen molar-refractivity contribution in [2.24, 2.45) is 5.92 Å². The third kappa shape index (κ3) is 9.58. The molecule has 0 aliphatic heterocycles. The van der Waals surface area contributed by atoms with Gasteiger partial charge in [-0.15, -0.1) is 0 Å². The van der Waals surface area contributed by atoms with Crippen molar-refractivity contribution in [3.8, 4) is 0 Å². The smallest absolute Gasteiger partial charge is 0.405 e. The molecule has 4 nitrogen and oxygen atoms in total. The maximum Gasteiger partial charge on any atom is 0.405 e. The van der Waals surface area contributed by atoms with Crippen LogP contribution in [0.4, 0.5) is 13.2 Å². The van der Waals surface area contributed by atoms with Crippen LogP contribution >= 0.6 is 0 Å². The predicted octanol–water partition coefficient (Wildman–Crippen LogP) is 4.51. The topological polar surface area (TPSA) is 55.4 Å². The van der Waals surface area contributed by atoms with Crippen molar-refractivity contribution in [1.82, 2.24) is 4.72 Å². The van der Waals surface area contributed by atoms with Gasteiger partial charge in [0.25, 0.3) is 0 Å². The predicted molar refractivity (Wildman–Crippen MR) is 94.4 cm³/mol. The Morgan fingerprint density at radius 2 is 1.64 bits per heavy atom. The Kier molecular flexibility index (Phi) is 10.9. The molecule has 0 rings (SSSR count). The van der Waals surface area contributed by atoms with Gasteiger partial charge in [0.15, 0.2) is 0 Å². The lowest BCUT2D eigenvalue weighted by molar-refractivity contribution is -0.179. The molecule has 0 amide bonds. The van der Waals surface area contributed by atoms with Gasteiger partial charge in [0.05, 0.1) is 28.3 Å². The molecule has 3 atom stereocenters. The summed E-state index contributed by atoms with van der Waals surface area (Å²) in [5.41, 5.74) is 0. The first-order valence-corrected chi connectivity index (χ1v) is 10.0. The van der Waals surface area contributed by atoms with Gasteiger partial charge < -0.3 is 4.74 Å². The van der Waals surface area contributed by atoms with E-state index in [1.165, 1.54) is 0 Å². The molecular weight excluding hydrogens is 355 g/mol. The number of nitrogens with one attached hydrogen (secondary N) is 1. The number of carbonyl (C=O) groups is 1. The van der Waals surface area contributed by atoms with E-state index in [9.17, 15) is 22.2 Å². The van der Waals surface area contributed by atoms with Crippen LogP contribution in [-0.2, 0) is 20.5 Å². The number of esters is 1. The Morgan fingerprint density at radius 1 is 1.08 bits per heavy atom. The highest BCUT2D eigenvalue weighted by molar-refractivity contribution is 7.84. The Balaban J connectivity index is 5.36. The van der Waals surface area contributed by atoms with Gasteiger partial charge in [-0.3, -0.25) is 4.79 Å². The Morgan fingerprint density at radius 3 is 2.08 bits per heavy atom. The number of alkyl halides is 3. The first kappa shape index (κ1) is 24.4. The highest BCUT2D eigenvalue weighted by Crippen LogP contribution is 2.31. The monoisotopic (exact) mass is 387 g/mol. The molecule has 0 fully saturated rings. The summed E-state index contributed by atoms with van der Waals surface area (Å²) >= 11 is 0. The first-order chi connectivity index (χ1) is 11.4. The minimum Gasteiger partial charge on any atom is -0.465 e. The molecule has 0 aromatic carbocycles. The molecule has 25 heavy (non-hydrogen) atoms. The van der Waals surface area contributed by atoms with Gasteiger partial charge in [-0.25, -0.2) is 8.93 Å². The van der Waals surface area contributed by atoms with Crippen molar-refractivity contribution in [2.75, 3.05) is 6.61 Å². The zero-order valence-corrected chi connectivity index (χ0v) is 16.7. The summed E-state index contributed by atoms with van der Waals surface area (Å²) < 4.78 is 59.2. The minimum absolute atomic E-state index is 0.0529. The van der Waals surface area contributed by atoms with Crippen LogP contribution in [0.5, 0.6) is 0 Å². The number of hydrogen-bond donors (Lipinski definition) is 1. The molecule has 0 unspecified atom stereocenters. The van der Waals surface area contributed by atoms with Crippen LogP contribution in [0.1, 0.15) is 73.1 Å². The van der Waals surface area contributed by atoms with Crippen molar-refractivity contribution in [3.05, 3.63) is 0 Å². The van der Waals surface area contributed by atoms with Crippen LogP contribution in [0.25, 0.3) is 0 Å². The highest BCUT2D eigenvalue weighted by atomic mass is 32.2. The number of halogens is 3. The lowest BCUT2D eigenvalue weighted by atomic mass is 9.93. The van der Waals surface area contributed by atoms with Crippen LogP contribution in [-0.4, -0.2) is 33.8 Å². The second-order valence-corrected chi connectivity index (χ2v) is 9.14. The average Bonchev–Trinajstić information content (AvgIpc) is 2.47. The fraction of sp³-hybridized carbons (Fsp3) is 0.941. The number of hydrogen-bond acceptors (Lipinski definition) is 3. The van der Waals surface area contributed by atoms with Gasteiger partial charge in [-0.1, -0.05) is 39.5 Å². The summed E-state index contributed by atoms with van der Waals surface area (Å²) in [6.07, 6.45) is -1.21. The van der Waals surface area contributed by atoms with Crippen molar-refractivity contribution in [3.63, 3.8) is 0 Å². The van der Waals surface area contributed by atoms with E-state index in [1.807, 2.05) is 13.8 Å². The zero-order valence-electron chi connectivity index (χ0n) is 15.9. The molecular formula is C17H32F3NO3S. The molecule has 0 spiro atoms. The van der Waals surface area contributed by atoms with E-state index in [-0.39, 0.29) is 13.0 Å². The van der Waals surface area contributed by atoms with Crippen LogP contribution in [0, 0.1) is 5.92 Å². The molecule has 8 heteroatoms. The number of unbranched alkanes of at least 4 members (excludes halogenated alkanes) is 3. The van der Waals surface area contributed by atoms with Crippen LogP contribution in [0.2, 0.25) is 0 Å². The first-order valence-electron chi connectivity index (χ1n) is 8.86. The minimum atomic E-state index is -4.69. The van der Waals surface area contributed by atoms with E-state index in [1.54, 1.807) is 20.8 Å². The summed E-state index contributed by atoms with van der Waals surface area (Å²) in [5.74, 6) is -2.26. The van der Waals surface area contributed by atoms with E-state index in [0.717, 1.165) is 19.3 Å². The van der Waals surface area contributed by atoms with E-state index in [4.69, 9.17) is 4.74 Å². The van der Waals surface area contributed by atoms with Crippen LogP contribution in [0.3, 0.4) is 0 Å². The molecule has 0 bridgehead atoms. The fourth-order valence-corrected chi connectivity index (χ4v) is 3.01. The quantitative estimate of drug-likeness (QED) is 0.419. The summed E-state index contributed by atoms with van der Waals surface area (Å²) in [4.78, 5) is 12.3. The molecule has 0 aromatic heterocycles. The van der Waals surface area contributed by atoms with Gasteiger partial charge in [-0.2, -0.15) is 13.2 Å². The van der Waals surface area contributed by atoms with Crippen molar-refractivity contribution in [2.45, 2.75) is 90.1 Å². The molecule has 150 valence electrons. The number of ether oxygens (including phenoxy) is 1. The van der Waals surface area contributed by atoms with E-state index in [2.05, 4.69) is 4.72 Å². The second-order valence-electron chi connectivity index (χ2n) is 7.14. The maximum absolute atomic E-state index is 13.6. The normalized spacial score (nSPS) is 16.3. The van der Waals surface area contributed by atoms with Gasteiger partial charge in [0.2, 0.25) is 0 Å². The molecule has 0 aliphatic carbocycles. The Labute approximate surface area is 151 Å². The molecule has 0 saturated heterocycles. The van der Waals surface area contributed by atoms with Crippen molar-refractivity contribution >= 4 is 17.0 Å². The molecule has 0 aromatic rings. The van der Waals surface area contributed by atoms with Gasteiger partial charge >= 0.3 is 12.1 Å².